The van der Waals surface area contributed by atoms with E-state index >= 15 is 0 Å². The van der Waals surface area contributed by atoms with Crippen LogP contribution < -0.4 is 0 Å². The Morgan fingerprint density at radius 2 is 0.962 bits per heavy atom. The van der Waals surface area contributed by atoms with Crippen LogP contribution in [0.25, 0.3) is 78.8 Å². The molecule has 0 atom stereocenters. The van der Waals surface area contributed by atoms with Gasteiger partial charge in [0, 0.05) is 33.4 Å². The number of aromatic nitrogens is 5. The van der Waals surface area contributed by atoms with Gasteiger partial charge < -0.3 is 0 Å². The lowest BCUT2D eigenvalue weighted by molar-refractivity contribution is 0.419. The second-order valence-electron chi connectivity index (χ2n) is 14.6. The summed E-state index contributed by atoms with van der Waals surface area (Å²) in [6.45, 7) is 0. The Hall–Kier alpha value is -6.33. The fourth-order valence-electron chi connectivity index (χ4n) is 8.64. The quantitative estimate of drug-likeness (QED) is 0.167. The monoisotopic (exact) mass is 683 g/mol. The van der Waals surface area contributed by atoms with Gasteiger partial charge in [0.25, 0.3) is 0 Å². The minimum absolute atomic E-state index is 0.328. The third-order valence-electron chi connectivity index (χ3n) is 11.4. The molecule has 0 saturated heterocycles. The molecule has 0 spiro atoms. The van der Waals surface area contributed by atoms with Gasteiger partial charge in [-0.25, -0.2) is 24.9 Å². The first-order chi connectivity index (χ1) is 26.2. The fourth-order valence-corrected chi connectivity index (χ4v) is 8.64. The Labute approximate surface area is 309 Å². The summed E-state index contributed by atoms with van der Waals surface area (Å²) in [4.78, 5) is 25.3. The van der Waals surface area contributed by atoms with Crippen LogP contribution in [0.1, 0.15) is 37.7 Å². The van der Waals surface area contributed by atoms with E-state index in [0.717, 1.165) is 67.3 Å². The smallest absolute Gasteiger partial charge is 0.164 e. The number of benzene rings is 6. The van der Waals surface area contributed by atoms with Gasteiger partial charge >= 0.3 is 0 Å². The summed E-state index contributed by atoms with van der Waals surface area (Å²) in [5.74, 6) is 3.55. The molecule has 53 heavy (non-hydrogen) atoms. The van der Waals surface area contributed by atoms with Gasteiger partial charge in [0.15, 0.2) is 23.3 Å². The highest BCUT2D eigenvalue weighted by Gasteiger charge is 2.45. The molecule has 2 aliphatic carbocycles. The van der Waals surface area contributed by atoms with Gasteiger partial charge in [-0.1, -0.05) is 140 Å². The van der Waals surface area contributed by atoms with Crippen molar-refractivity contribution in [3.63, 3.8) is 0 Å². The maximum absolute atomic E-state index is 5.21. The van der Waals surface area contributed by atoms with E-state index < -0.39 is 0 Å². The van der Waals surface area contributed by atoms with E-state index in [1.54, 1.807) is 0 Å². The van der Waals surface area contributed by atoms with Gasteiger partial charge in [-0.15, -0.1) is 0 Å². The Balaban J connectivity index is 1.09. The van der Waals surface area contributed by atoms with Gasteiger partial charge in [-0.05, 0) is 78.0 Å². The molecule has 5 nitrogen and oxygen atoms in total. The fraction of sp³-hybridized carbons (Fsp3) is 0.146. The summed E-state index contributed by atoms with van der Waals surface area (Å²) >= 11 is 0. The number of hydrogen-bond acceptors (Lipinski definition) is 5. The van der Waals surface area contributed by atoms with Crippen LogP contribution in [-0.4, -0.2) is 24.9 Å². The highest BCUT2D eigenvalue weighted by Crippen LogP contribution is 2.55. The second kappa shape index (κ2) is 13.0. The molecule has 2 aliphatic rings. The van der Waals surface area contributed by atoms with Gasteiger partial charge in [0.1, 0.15) is 0 Å². The van der Waals surface area contributed by atoms with E-state index in [2.05, 4.69) is 91.0 Å². The summed E-state index contributed by atoms with van der Waals surface area (Å²) < 4.78 is 0. The molecule has 6 aromatic carbocycles. The SMILES string of the molecule is c1ccc(-c2nc(-c3cccc(C45CCC(CC4)C5)c3)cc(-c3cccc4cc(-c5nc(-c6ccccc6)nc(-c6ccccc6)n5)ccc34)n2)cc1. The van der Waals surface area contributed by atoms with Crippen LogP contribution in [0.2, 0.25) is 0 Å². The van der Waals surface area contributed by atoms with Crippen molar-refractivity contribution in [1.29, 1.82) is 0 Å². The zero-order valence-electron chi connectivity index (χ0n) is 29.4. The molecule has 0 radical (unpaired) electrons. The molecule has 0 amide bonds. The minimum atomic E-state index is 0.328. The van der Waals surface area contributed by atoms with Crippen molar-refractivity contribution in [3.8, 4) is 68.1 Å². The first kappa shape index (κ1) is 31.4. The molecule has 2 aromatic heterocycles. The van der Waals surface area contributed by atoms with Crippen LogP contribution in [0.5, 0.6) is 0 Å². The van der Waals surface area contributed by atoms with Crippen molar-refractivity contribution in [1.82, 2.24) is 24.9 Å². The highest BCUT2D eigenvalue weighted by atomic mass is 15.0. The average Bonchev–Trinajstić information content (AvgIpc) is 3.87. The first-order valence-corrected chi connectivity index (χ1v) is 18.6. The van der Waals surface area contributed by atoms with Crippen molar-refractivity contribution in [2.24, 2.45) is 5.92 Å². The molecule has 5 heteroatoms. The molecule has 10 rings (SSSR count). The van der Waals surface area contributed by atoms with Crippen molar-refractivity contribution < 1.29 is 0 Å². The number of rotatable bonds is 7. The van der Waals surface area contributed by atoms with Gasteiger partial charge in [-0.2, -0.15) is 0 Å². The largest absolute Gasteiger partial charge is 0.228 e. The highest BCUT2D eigenvalue weighted by molar-refractivity contribution is 5.98. The molecule has 0 aliphatic heterocycles. The predicted molar refractivity (Wildman–Crippen MR) is 214 cm³/mol. The van der Waals surface area contributed by atoms with Crippen molar-refractivity contribution >= 4 is 10.8 Å². The topological polar surface area (TPSA) is 64.5 Å². The molecule has 0 N–H and O–H groups in total. The van der Waals surface area contributed by atoms with Crippen molar-refractivity contribution in [2.45, 2.75) is 37.5 Å². The molecule has 8 aromatic rings. The molecule has 254 valence electrons. The summed E-state index contributed by atoms with van der Waals surface area (Å²) in [6.07, 6.45) is 6.64. The summed E-state index contributed by atoms with van der Waals surface area (Å²) in [5, 5.41) is 2.19. The summed E-state index contributed by atoms with van der Waals surface area (Å²) in [5.41, 5.74) is 9.68. The molecule has 2 fully saturated rings. The normalized spacial score (nSPS) is 17.7. The Morgan fingerprint density at radius 3 is 1.57 bits per heavy atom. The predicted octanol–water partition coefficient (Wildman–Crippen LogP) is 11.6. The van der Waals surface area contributed by atoms with Crippen LogP contribution in [0, 0.1) is 5.92 Å². The molecule has 2 heterocycles. The summed E-state index contributed by atoms with van der Waals surface area (Å²) in [6, 6.07) is 54.8. The lowest BCUT2D eigenvalue weighted by Crippen LogP contribution is -2.19. The van der Waals surface area contributed by atoms with E-state index in [4.69, 9.17) is 24.9 Å². The maximum atomic E-state index is 5.21. The Kier molecular flexibility index (Phi) is 7.71. The van der Waals surface area contributed by atoms with Crippen LogP contribution in [0.3, 0.4) is 0 Å². The zero-order valence-corrected chi connectivity index (χ0v) is 29.4. The van der Waals surface area contributed by atoms with E-state index in [9.17, 15) is 0 Å². The third-order valence-corrected chi connectivity index (χ3v) is 11.4. The lowest BCUT2D eigenvalue weighted by atomic mass is 9.77. The third kappa shape index (κ3) is 5.88. The van der Waals surface area contributed by atoms with E-state index in [1.807, 2.05) is 66.7 Å². The van der Waals surface area contributed by atoms with E-state index in [-0.39, 0.29) is 0 Å². The minimum Gasteiger partial charge on any atom is -0.228 e. The average molecular weight is 684 g/mol. The first-order valence-electron chi connectivity index (χ1n) is 18.6. The molecule has 2 bridgehead atoms. The molecular formula is C48H37N5. The van der Waals surface area contributed by atoms with Crippen molar-refractivity contribution in [3.05, 3.63) is 163 Å². The standard InChI is InChI=1S/C48H37N5/c1-4-12-33(13-5-1)44-49-42(37-19-10-20-39(29-37)48-26-24-32(31-48)25-27-48)30-43(50-44)41-21-11-18-36-28-38(22-23-40(36)41)47-52-45(34-14-6-2-7-15-34)51-46(53-47)35-16-8-3-9-17-35/h1-23,28-30,32H,24-27,31H2. The van der Waals surface area contributed by atoms with Crippen LogP contribution in [0.15, 0.2) is 158 Å². The Morgan fingerprint density at radius 1 is 0.415 bits per heavy atom. The second-order valence-corrected chi connectivity index (χ2v) is 14.6. The van der Waals surface area contributed by atoms with Crippen molar-refractivity contribution in [2.75, 3.05) is 0 Å². The molecule has 2 saturated carbocycles. The van der Waals surface area contributed by atoms with Gasteiger partial charge in [0.2, 0.25) is 0 Å². The van der Waals surface area contributed by atoms with E-state index in [0.29, 0.717) is 22.9 Å². The van der Waals surface area contributed by atoms with Gasteiger partial charge in [-0.3, -0.25) is 0 Å². The van der Waals surface area contributed by atoms with Crippen LogP contribution in [0.4, 0.5) is 0 Å². The maximum Gasteiger partial charge on any atom is 0.164 e. The van der Waals surface area contributed by atoms with Crippen LogP contribution in [-0.2, 0) is 5.41 Å². The Bertz CT molecular complexity index is 2540. The molecular weight excluding hydrogens is 647 g/mol. The summed E-state index contributed by atoms with van der Waals surface area (Å²) in [7, 11) is 0. The number of fused-ring (bicyclic) bond motifs is 3. The number of nitrogens with zero attached hydrogens (tertiary/aromatic N) is 5. The zero-order chi connectivity index (χ0) is 35.2. The lowest BCUT2D eigenvalue weighted by Gasteiger charge is -2.27. The van der Waals surface area contributed by atoms with Gasteiger partial charge in [0.05, 0.1) is 11.4 Å². The van der Waals surface area contributed by atoms with Crippen LogP contribution >= 0.6 is 0 Å². The van der Waals surface area contributed by atoms with E-state index in [1.165, 1.54) is 37.7 Å². The number of hydrogen-bond donors (Lipinski definition) is 0. The molecule has 0 unspecified atom stereocenters.